The Morgan fingerprint density at radius 2 is 2.17 bits per heavy atom. The van der Waals surface area contributed by atoms with Crippen molar-refractivity contribution in [3.05, 3.63) is 23.5 Å². The standard InChI is InChI=1S/C13H20N2O3/c1-9(5-4-6-16)14-13(18)12-7-11(10(2)17)8-15(12)3/h7-9,16H,4-6H2,1-3H3,(H,14,18). The van der Waals surface area contributed by atoms with Crippen molar-refractivity contribution in [3.63, 3.8) is 0 Å². The van der Waals surface area contributed by atoms with E-state index >= 15 is 0 Å². The van der Waals surface area contributed by atoms with Crippen LogP contribution < -0.4 is 5.32 Å². The Hall–Kier alpha value is -1.62. The summed E-state index contributed by atoms with van der Waals surface area (Å²) >= 11 is 0. The fraction of sp³-hybridized carbons (Fsp3) is 0.538. The van der Waals surface area contributed by atoms with Crippen molar-refractivity contribution in [2.75, 3.05) is 6.61 Å². The normalized spacial score (nSPS) is 12.2. The first kappa shape index (κ1) is 14.4. The molecule has 0 bridgehead atoms. The number of aliphatic hydroxyl groups is 1. The Kier molecular flexibility index (Phi) is 5.09. The Morgan fingerprint density at radius 3 is 2.67 bits per heavy atom. The van der Waals surface area contributed by atoms with E-state index in [4.69, 9.17) is 5.11 Å². The molecule has 5 heteroatoms. The van der Waals surface area contributed by atoms with Crippen LogP contribution in [0, 0.1) is 0 Å². The van der Waals surface area contributed by atoms with Crippen molar-refractivity contribution in [1.82, 2.24) is 9.88 Å². The van der Waals surface area contributed by atoms with Crippen LogP contribution in [-0.2, 0) is 7.05 Å². The number of aryl methyl sites for hydroxylation is 1. The molecule has 1 atom stereocenters. The van der Waals surface area contributed by atoms with Gasteiger partial charge in [-0.2, -0.15) is 0 Å². The van der Waals surface area contributed by atoms with E-state index in [1.807, 2.05) is 6.92 Å². The number of ketones is 1. The van der Waals surface area contributed by atoms with Gasteiger partial charge in [-0.15, -0.1) is 0 Å². The molecule has 0 saturated heterocycles. The van der Waals surface area contributed by atoms with E-state index in [1.165, 1.54) is 6.92 Å². The van der Waals surface area contributed by atoms with Crippen molar-refractivity contribution in [2.45, 2.75) is 32.7 Å². The molecule has 2 N–H and O–H groups in total. The number of rotatable bonds is 6. The van der Waals surface area contributed by atoms with Crippen molar-refractivity contribution in [3.8, 4) is 0 Å². The predicted molar refractivity (Wildman–Crippen MR) is 68.7 cm³/mol. The summed E-state index contributed by atoms with van der Waals surface area (Å²) in [6.07, 6.45) is 3.04. The Bertz CT molecular complexity index is 437. The first-order valence-corrected chi connectivity index (χ1v) is 6.04. The third-order valence-corrected chi connectivity index (χ3v) is 2.82. The molecule has 0 radical (unpaired) electrons. The highest BCUT2D eigenvalue weighted by Crippen LogP contribution is 2.08. The van der Waals surface area contributed by atoms with Gasteiger partial charge < -0.3 is 15.0 Å². The zero-order chi connectivity index (χ0) is 13.7. The average Bonchev–Trinajstić information content (AvgIpc) is 2.68. The van der Waals surface area contributed by atoms with Gasteiger partial charge in [0.25, 0.3) is 5.91 Å². The average molecular weight is 252 g/mol. The monoisotopic (exact) mass is 252 g/mol. The van der Waals surface area contributed by atoms with Crippen LogP contribution in [0.2, 0.25) is 0 Å². The molecule has 0 saturated carbocycles. The summed E-state index contributed by atoms with van der Waals surface area (Å²) in [7, 11) is 1.74. The first-order valence-electron chi connectivity index (χ1n) is 6.04. The molecule has 1 aromatic heterocycles. The highest BCUT2D eigenvalue weighted by atomic mass is 16.3. The van der Waals surface area contributed by atoms with Gasteiger partial charge in [-0.3, -0.25) is 9.59 Å². The zero-order valence-electron chi connectivity index (χ0n) is 11.1. The lowest BCUT2D eigenvalue weighted by Gasteiger charge is -2.13. The third kappa shape index (κ3) is 3.70. The molecular weight excluding hydrogens is 232 g/mol. The fourth-order valence-electron chi connectivity index (χ4n) is 1.75. The number of Topliss-reactive ketones (excluding diaryl/α,β-unsaturated/α-hetero) is 1. The molecule has 0 aromatic carbocycles. The number of hydrogen-bond acceptors (Lipinski definition) is 3. The topological polar surface area (TPSA) is 71.3 Å². The van der Waals surface area contributed by atoms with Crippen molar-refractivity contribution < 1.29 is 14.7 Å². The number of nitrogens with one attached hydrogen (secondary N) is 1. The lowest BCUT2D eigenvalue weighted by Crippen LogP contribution is -2.33. The molecule has 0 aliphatic carbocycles. The number of aromatic nitrogens is 1. The largest absolute Gasteiger partial charge is 0.396 e. The fourth-order valence-corrected chi connectivity index (χ4v) is 1.75. The van der Waals surface area contributed by atoms with Gasteiger partial charge >= 0.3 is 0 Å². The summed E-state index contributed by atoms with van der Waals surface area (Å²) in [6.45, 7) is 3.49. The molecular formula is C13H20N2O3. The lowest BCUT2D eigenvalue weighted by atomic mass is 10.2. The summed E-state index contributed by atoms with van der Waals surface area (Å²) in [6, 6.07) is 1.59. The van der Waals surface area contributed by atoms with Crippen LogP contribution >= 0.6 is 0 Å². The minimum Gasteiger partial charge on any atom is -0.396 e. The van der Waals surface area contributed by atoms with Crippen LogP contribution in [0.5, 0.6) is 0 Å². The van der Waals surface area contributed by atoms with Crippen LogP contribution in [-0.4, -0.2) is 34.0 Å². The summed E-state index contributed by atoms with van der Waals surface area (Å²) < 4.78 is 1.64. The minimum absolute atomic E-state index is 0.000304. The number of nitrogens with zero attached hydrogens (tertiary/aromatic N) is 1. The van der Waals surface area contributed by atoms with Crippen LogP contribution in [0.15, 0.2) is 12.3 Å². The van der Waals surface area contributed by atoms with Crippen LogP contribution in [0.3, 0.4) is 0 Å². The number of amides is 1. The molecule has 0 fully saturated rings. The summed E-state index contributed by atoms with van der Waals surface area (Å²) in [4.78, 5) is 23.2. The molecule has 1 unspecified atom stereocenters. The van der Waals surface area contributed by atoms with Crippen LogP contribution in [0.25, 0.3) is 0 Å². The van der Waals surface area contributed by atoms with Gasteiger partial charge in [-0.1, -0.05) is 0 Å². The van der Waals surface area contributed by atoms with Crippen LogP contribution in [0.1, 0.15) is 47.5 Å². The van der Waals surface area contributed by atoms with Crippen molar-refractivity contribution in [2.24, 2.45) is 7.05 Å². The van der Waals surface area contributed by atoms with E-state index in [0.29, 0.717) is 17.7 Å². The second kappa shape index (κ2) is 6.35. The molecule has 0 aliphatic rings. The van der Waals surface area contributed by atoms with Gasteiger partial charge in [0.15, 0.2) is 5.78 Å². The molecule has 0 spiro atoms. The Labute approximate surface area is 107 Å². The molecule has 1 aromatic rings. The second-order valence-corrected chi connectivity index (χ2v) is 4.52. The number of hydrogen-bond donors (Lipinski definition) is 2. The molecule has 1 rings (SSSR count). The van der Waals surface area contributed by atoms with E-state index in [9.17, 15) is 9.59 Å². The molecule has 1 heterocycles. The molecule has 1 amide bonds. The van der Waals surface area contributed by atoms with Gasteiger partial charge in [0.1, 0.15) is 5.69 Å². The summed E-state index contributed by atoms with van der Waals surface area (Å²) in [5, 5.41) is 11.6. The number of carbonyl (C=O) groups excluding carboxylic acids is 2. The lowest BCUT2D eigenvalue weighted by molar-refractivity contribution is 0.0928. The van der Waals surface area contributed by atoms with E-state index in [2.05, 4.69) is 5.32 Å². The summed E-state index contributed by atoms with van der Waals surface area (Å²) in [5.74, 6) is -0.256. The SMILES string of the molecule is CC(=O)c1cc(C(=O)NC(C)CCCO)n(C)c1. The third-order valence-electron chi connectivity index (χ3n) is 2.82. The van der Waals surface area contributed by atoms with Crippen molar-refractivity contribution in [1.29, 1.82) is 0 Å². The molecule has 5 nitrogen and oxygen atoms in total. The van der Waals surface area contributed by atoms with Gasteiger partial charge in [0, 0.05) is 31.5 Å². The quantitative estimate of drug-likeness (QED) is 0.745. The van der Waals surface area contributed by atoms with Gasteiger partial charge in [-0.05, 0) is 32.8 Å². The molecule has 100 valence electrons. The number of carbonyl (C=O) groups is 2. The molecule has 18 heavy (non-hydrogen) atoms. The van der Waals surface area contributed by atoms with E-state index in [1.54, 1.807) is 23.9 Å². The maximum atomic E-state index is 12.0. The zero-order valence-corrected chi connectivity index (χ0v) is 11.1. The Balaban J connectivity index is 2.69. The first-order chi connectivity index (χ1) is 8.45. The maximum Gasteiger partial charge on any atom is 0.268 e. The van der Waals surface area contributed by atoms with Gasteiger partial charge in [0.05, 0.1) is 0 Å². The summed E-state index contributed by atoms with van der Waals surface area (Å²) in [5.41, 5.74) is 1.00. The smallest absolute Gasteiger partial charge is 0.268 e. The van der Waals surface area contributed by atoms with Crippen molar-refractivity contribution >= 4 is 11.7 Å². The Morgan fingerprint density at radius 1 is 1.50 bits per heavy atom. The second-order valence-electron chi connectivity index (χ2n) is 4.52. The van der Waals surface area contributed by atoms with E-state index in [-0.39, 0.29) is 24.3 Å². The van der Waals surface area contributed by atoms with E-state index < -0.39 is 0 Å². The highest BCUT2D eigenvalue weighted by molar-refractivity contribution is 5.99. The van der Waals surface area contributed by atoms with Crippen LogP contribution in [0.4, 0.5) is 0 Å². The predicted octanol–water partition coefficient (Wildman–Crippen LogP) is 1.12. The van der Waals surface area contributed by atoms with Gasteiger partial charge in [-0.25, -0.2) is 0 Å². The minimum atomic E-state index is -0.199. The van der Waals surface area contributed by atoms with E-state index in [0.717, 1.165) is 6.42 Å². The number of aliphatic hydroxyl groups excluding tert-OH is 1. The molecule has 0 aliphatic heterocycles. The van der Waals surface area contributed by atoms with Gasteiger partial charge in [0.2, 0.25) is 0 Å². The maximum absolute atomic E-state index is 12.0. The highest BCUT2D eigenvalue weighted by Gasteiger charge is 2.15.